The first-order chi connectivity index (χ1) is 11.4. The summed E-state index contributed by atoms with van der Waals surface area (Å²) in [7, 11) is 0. The fraction of sp³-hybridized carbons (Fsp3) is 0.609. The zero-order valence-electron chi connectivity index (χ0n) is 17.3. The van der Waals surface area contributed by atoms with E-state index in [1.807, 2.05) is 6.92 Å². The van der Waals surface area contributed by atoms with Crippen molar-refractivity contribution in [2.75, 3.05) is 0 Å². The van der Waals surface area contributed by atoms with E-state index in [4.69, 9.17) is 0 Å². The fourth-order valence-corrected chi connectivity index (χ4v) is 3.01. The van der Waals surface area contributed by atoms with Crippen LogP contribution in [-0.4, -0.2) is 11.4 Å². The van der Waals surface area contributed by atoms with Crippen molar-refractivity contribution in [3.63, 3.8) is 0 Å². The molecule has 0 aliphatic carbocycles. The highest BCUT2D eigenvalue weighted by Crippen LogP contribution is 2.40. The van der Waals surface area contributed by atoms with Gasteiger partial charge in [-0.25, -0.2) is 0 Å². The number of unbranched alkanes of at least 4 members (excludes halogenated alkanes) is 1. The molecule has 1 rings (SSSR count). The van der Waals surface area contributed by atoms with Crippen LogP contribution >= 0.6 is 0 Å². The molecule has 1 aromatic rings. The number of hydrogen-bond acceptors (Lipinski definition) is 2. The minimum Gasteiger partial charge on any atom is -0.507 e. The maximum Gasteiger partial charge on any atom is 0.229 e. The van der Waals surface area contributed by atoms with Crippen LogP contribution in [0.4, 0.5) is 0 Å². The van der Waals surface area contributed by atoms with Crippen molar-refractivity contribution in [3.05, 3.63) is 40.0 Å². The van der Waals surface area contributed by atoms with Gasteiger partial charge in [0.05, 0.1) is 0 Å². The molecule has 0 aromatic heterocycles. The molecule has 0 unspecified atom stereocenters. The second-order valence-electron chi connectivity index (χ2n) is 9.18. The summed E-state index contributed by atoms with van der Waals surface area (Å²) in [4.78, 5) is 11.5. The lowest BCUT2D eigenvalue weighted by Gasteiger charge is -2.28. The monoisotopic (exact) mass is 343 g/mol. The molecule has 1 radical (unpaired) electrons. The number of carbonyl (C=O) groups excluding carboxylic acids is 1. The third kappa shape index (κ3) is 5.73. The highest BCUT2D eigenvalue weighted by Gasteiger charge is 2.26. The first kappa shape index (κ1) is 21.5. The van der Waals surface area contributed by atoms with E-state index >= 15 is 0 Å². The van der Waals surface area contributed by atoms with Crippen LogP contribution in [0.5, 0.6) is 5.75 Å². The Morgan fingerprint density at radius 1 is 1.04 bits per heavy atom. The summed E-state index contributed by atoms with van der Waals surface area (Å²) in [5, 5.41) is 10.8. The van der Waals surface area contributed by atoms with Crippen molar-refractivity contribution in [3.8, 4) is 5.75 Å². The van der Waals surface area contributed by atoms with Crippen LogP contribution < -0.4 is 0 Å². The van der Waals surface area contributed by atoms with Crippen molar-refractivity contribution in [2.24, 2.45) is 0 Å². The number of rotatable bonds is 6. The smallest absolute Gasteiger partial charge is 0.229 e. The normalized spacial score (nSPS) is 13.6. The summed E-state index contributed by atoms with van der Waals surface area (Å²) in [6, 6.07) is 4.10. The molecule has 0 fully saturated rings. The fourth-order valence-electron chi connectivity index (χ4n) is 3.01. The molecule has 0 spiro atoms. The second kappa shape index (κ2) is 8.21. The number of allylic oxidation sites excluding steroid dienone is 2. The summed E-state index contributed by atoms with van der Waals surface area (Å²) >= 11 is 0. The number of phenolic OH excluding ortho intramolecular Hbond substituents is 1. The van der Waals surface area contributed by atoms with E-state index in [1.165, 1.54) is 0 Å². The van der Waals surface area contributed by atoms with E-state index in [2.05, 4.69) is 66.9 Å². The Balaban J connectivity index is 3.43. The van der Waals surface area contributed by atoms with Crippen molar-refractivity contribution in [2.45, 2.75) is 91.9 Å². The SMILES string of the molecule is CCCCC(C)=C([C]=O)Cc1cc(C(C)(C)C)c(O)c(C(C)(C)C)c1. The molecular formula is C23H35O2. The summed E-state index contributed by atoms with van der Waals surface area (Å²) in [6.45, 7) is 16.8. The highest BCUT2D eigenvalue weighted by molar-refractivity contribution is 5.76. The van der Waals surface area contributed by atoms with Crippen LogP contribution in [0.2, 0.25) is 0 Å². The topological polar surface area (TPSA) is 37.3 Å². The van der Waals surface area contributed by atoms with Gasteiger partial charge in [-0.3, -0.25) is 4.79 Å². The molecule has 0 aliphatic heterocycles. The minimum absolute atomic E-state index is 0.161. The van der Waals surface area contributed by atoms with Crippen LogP contribution in [0.1, 0.15) is 91.3 Å². The van der Waals surface area contributed by atoms with Crippen LogP contribution in [0.3, 0.4) is 0 Å². The Morgan fingerprint density at radius 3 is 1.88 bits per heavy atom. The minimum atomic E-state index is -0.161. The first-order valence-corrected chi connectivity index (χ1v) is 9.35. The summed E-state index contributed by atoms with van der Waals surface area (Å²) < 4.78 is 0. The van der Waals surface area contributed by atoms with E-state index < -0.39 is 0 Å². The second-order valence-corrected chi connectivity index (χ2v) is 9.18. The molecule has 2 heteroatoms. The van der Waals surface area contributed by atoms with E-state index in [1.54, 1.807) is 0 Å². The maximum atomic E-state index is 11.5. The number of aromatic hydroxyl groups is 1. The Bertz CT molecular complexity index is 602. The molecule has 25 heavy (non-hydrogen) atoms. The van der Waals surface area contributed by atoms with Gasteiger partial charge in [-0.05, 0) is 47.3 Å². The van der Waals surface area contributed by atoms with Gasteiger partial charge in [0.25, 0.3) is 0 Å². The molecule has 1 aromatic carbocycles. The Morgan fingerprint density at radius 2 is 1.52 bits per heavy atom. The molecule has 0 saturated heterocycles. The summed E-state index contributed by atoms with van der Waals surface area (Å²) in [6.07, 6.45) is 5.88. The predicted octanol–water partition coefficient (Wildman–Crippen LogP) is 6.15. The van der Waals surface area contributed by atoms with Gasteiger partial charge in [0.2, 0.25) is 6.29 Å². The van der Waals surface area contributed by atoms with Gasteiger partial charge in [-0.1, -0.05) is 72.6 Å². The predicted molar refractivity (Wildman–Crippen MR) is 107 cm³/mol. The van der Waals surface area contributed by atoms with Crippen LogP contribution in [0.25, 0.3) is 0 Å². The lowest BCUT2D eigenvalue weighted by Crippen LogP contribution is -2.18. The van der Waals surface area contributed by atoms with Crippen molar-refractivity contribution in [1.29, 1.82) is 0 Å². The van der Waals surface area contributed by atoms with Gasteiger partial charge in [0, 0.05) is 12.0 Å². The molecule has 0 aliphatic rings. The number of phenols is 1. The third-order valence-electron chi connectivity index (χ3n) is 4.71. The zero-order chi connectivity index (χ0) is 19.4. The van der Waals surface area contributed by atoms with Crippen LogP contribution in [0, 0.1) is 0 Å². The molecule has 0 heterocycles. The van der Waals surface area contributed by atoms with Crippen molar-refractivity contribution < 1.29 is 9.90 Å². The quantitative estimate of drug-likeness (QED) is 0.629. The molecule has 0 saturated carbocycles. The average molecular weight is 344 g/mol. The summed E-state index contributed by atoms with van der Waals surface area (Å²) in [5.74, 6) is 0.382. The lowest BCUT2D eigenvalue weighted by molar-refractivity contribution is 0.423. The van der Waals surface area contributed by atoms with E-state index in [9.17, 15) is 9.90 Å². The molecule has 1 N–H and O–H groups in total. The molecular weight excluding hydrogens is 308 g/mol. The average Bonchev–Trinajstić information content (AvgIpc) is 2.49. The molecule has 0 amide bonds. The van der Waals surface area contributed by atoms with Gasteiger partial charge < -0.3 is 5.11 Å². The number of hydrogen-bond donors (Lipinski definition) is 1. The standard InChI is InChI=1S/C23H35O2/c1-9-10-11-16(2)18(15-24)12-17-13-19(22(3,4)5)21(25)20(14-17)23(6,7)8/h13-14,25H,9-12H2,1-8H3. The van der Waals surface area contributed by atoms with E-state index in [-0.39, 0.29) is 10.8 Å². The zero-order valence-corrected chi connectivity index (χ0v) is 17.3. The Kier molecular flexibility index (Phi) is 7.05. The first-order valence-electron chi connectivity index (χ1n) is 9.35. The Labute approximate surface area is 154 Å². The van der Waals surface area contributed by atoms with Gasteiger partial charge in [0.15, 0.2) is 0 Å². The third-order valence-corrected chi connectivity index (χ3v) is 4.71. The van der Waals surface area contributed by atoms with Crippen molar-refractivity contribution in [1.82, 2.24) is 0 Å². The van der Waals surface area contributed by atoms with E-state index in [0.717, 1.165) is 47.1 Å². The van der Waals surface area contributed by atoms with Crippen molar-refractivity contribution >= 4 is 6.29 Å². The van der Waals surface area contributed by atoms with Gasteiger partial charge >= 0.3 is 0 Å². The van der Waals surface area contributed by atoms with Gasteiger partial charge in [-0.15, -0.1) is 0 Å². The Hall–Kier alpha value is -1.57. The molecule has 0 atom stereocenters. The molecule has 0 bridgehead atoms. The summed E-state index contributed by atoms with van der Waals surface area (Å²) in [5.41, 5.74) is 4.50. The van der Waals surface area contributed by atoms with Crippen LogP contribution in [0.15, 0.2) is 23.3 Å². The lowest BCUT2D eigenvalue weighted by atomic mass is 9.78. The van der Waals surface area contributed by atoms with E-state index in [0.29, 0.717) is 12.2 Å². The van der Waals surface area contributed by atoms with Gasteiger partial charge in [0.1, 0.15) is 5.75 Å². The van der Waals surface area contributed by atoms with Crippen LogP contribution in [-0.2, 0) is 22.0 Å². The van der Waals surface area contributed by atoms with Gasteiger partial charge in [-0.2, -0.15) is 0 Å². The number of benzene rings is 1. The largest absolute Gasteiger partial charge is 0.507 e. The molecule has 139 valence electrons. The molecule has 2 nitrogen and oxygen atoms in total. The maximum absolute atomic E-state index is 11.5. The highest BCUT2D eigenvalue weighted by atomic mass is 16.3.